The highest BCUT2D eigenvalue weighted by atomic mass is 19.4. The van der Waals surface area contributed by atoms with E-state index in [9.17, 15) is 35.9 Å². The number of benzene rings is 2. The molecule has 0 atom stereocenters. The molecule has 1 fully saturated rings. The van der Waals surface area contributed by atoms with Crippen LogP contribution in [0.2, 0.25) is 0 Å². The van der Waals surface area contributed by atoms with Gasteiger partial charge in [-0.2, -0.15) is 26.3 Å². The molecule has 208 valence electrons. The quantitative estimate of drug-likeness (QED) is 0.532. The van der Waals surface area contributed by atoms with Crippen LogP contribution < -0.4 is 5.32 Å². The predicted octanol–water partition coefficient (Wildman–Crippen LogP) is 4.11. The van der Waals surface area contributed by atoms with Crippen LogP contribution in [-0.4, -0.2) is 71.6 Å². The topological polar surface area (TPSA) is 90.0 Å². The first-order valence-corrected chi connectivity index (χ1v) is 11.5. The Morgan fingerprint density at radius 3 is 1.92 bits per heavy atom. The number of piperazine rings is 1. The normalized spacial score (nSPS) is 13.8. The van der Waals surface area contributed by atoms with Crippen molar-refractivity contribution in [3.8, 4) is 0 Å². The van der Waals surface area contributed by atoms with Gasteiger partial charge in [-0.15, -0.1) is 0 Å². The van der Waals surface area contributed by atoms with Crippen LogP contribution in [0.5, 0.6) is 0 Å². The molecule has 3 rings (SSSR count). The van der Waals surface area contributed by atoms with Crippen molar-refractivity contribution < 1.29 is 45.8 Å². The third-order valence-electron chi connectivity index (χ3n) is 5.55. The summed E-state index contributed by atoms with van der Waals surface area (Å²) < 4.78 is 70.3. The Hall–Kier alpha value is -3.61. The molecule has 1 saturated heterocycles. The molecule has 0 spiro atoms. The monoisotopic (exact) mass is 547 g/mol. The lowest BCUT2D eigenvalue weighted by Crippen LogP contribution is -2.47. The minimum Gasteiger partial charge on any atom is -0.475 e. The molecule has 0 bridgehead atoms. The summed E-state index contributed by atoms with van der Waals surface area (Å²) in [5, 5.41) is 10.3. The van der Waals surface area contributed by atoms with Crippen molar-refractivity contribution in [2.75, 3.05) is 32.7 Å². The van der Waals surface area contributed by atoms with Gasteiger partial charge in [0.25, 0.3) is 5.91 Å². The minimum atomic E-state index is -5.08. The number of aryl methyl sites for hydroxylation is 1. The van der Waals surface area contributed by atoms with Crippen molar-refractivity contribution in [3.05, 3.63) is 70.8 Å². The van der Waals surface area contributed by atoms with Crippen molar-refractivity contribution in [1.82, 2.24) is 15.1 Å². The molecule has 0 aliphatic carbocycles. The van der Waals surface area contributed by atoms with Crippen LogP contribution in [0.3, 0.4) is 0 Å². The molecule has 0 saturated carbocycles. The smallest absolute Gasteiger partial charge is 0.475 e. The summed E-state index contributed by atoms with van der Waals surface area (Å²) in [6.45, 7) is 5.16. The maximum Gasteiger partial charge on any atom is 0.490 e. The van der Waals surface area contributed by atoms with Crippen molar-refractivity contribution in [1.29, 1.82) is 0 Å². The number of nitrogens with zero attached hydrogens (tertiary/aromatic N) is 2. The van der Waals surface area contributed by atoms with E-state index in [-0.39, 0.29) is 31.0 Å². The summed E-state index contributed by atoms with van der Waals surface area (Å²) in [6, 6.07) is 11.9. The maximum atomic E-state index is 13.1. The molecule has 1 aliphatic heterocycles. The van der Waals surface area contributed by atoms with E-state index in [1.165, 1.54) is 17.0 Å². The number of carboxylic acid groups (broad SMARTS) is 1. The first-order valence-electron chi connectivity index (χ1n) is 11.5. The van der Waals surface area contributed by atoms with Crippen LogP contribution in [-0.2, 0) is 22.3 Å². The molecule has 0 unspecified atom stereocenters. The Balaban J connectivity index is 0.000000638. The van der Waals surface area contributed by atoms with E-state index in [2.05, 4.69) is 5.32 Å². The predicted molar refractivity (Wildman–Crippen MR) is 125 cm³/mol. The fourth-order valence-electron chi connectivity index (χ4n) is 3.45. The number of aliphatic carboxylic acids is 1. The van der Waals surface area contributed by atoms with Gasteiger partial charge in [-0.3, -0.25) is 9.59 Å². The first-order chi connectivity index (χ1) is 17.7. The SMILES string of the molecule is Cc1ccc(CN(CCC(=O)N2CCNCC2)C(=O)c2ccc(C(F)(F)F)cc2)cc1.O=C(O)C(F)(F)F. The Kier molecular flexibility index (Phi) is 10.7. The molecular formula is C25H27F6N3O4. The molecule has 2 N–H and O–H groups in total. The minimum absolute atomic E-state index is 0.0318. The summed E-state index contributed by atoms with van der Waals surface area (Å²) >= 11 is 0. The summed E-state index contributed by atoms with van der Waals surface area (Å²) in [5.74, 6) is -3.19. The summed E-state index contributed by atoms with van der Waals surface area (Å²) in [5.41, 5.74) is 1.33. The number of carbonyl (C=O) groups excluding carboxylic acids is 2. The summed E-state index contributed by atoms with van der Waals surface area (Å²) in [4.78, 5) is 37.8. The van der Waals surface area contributed by atoms with Crippen LogP contribution in [0.25, 0.3) is 0 Å². The van der Waals surface area contributed by atoms with Crippen LogP contribution in [0.1, 0.15) is 33.5 Å². The van der Waals surface area contributed by atoms with E-state index < -0.39 is 29.8 Å². The molecule has 1 heterocycles. The summed E-state index contributed by atoms with van der Waals surface area (Å²) in [7, 11) is 0. The molecule has 7 nitrogen and oxygen atoms in total. The maximum absolute atomic E-state index is 13.1. The van der Waals surface area contributed by atoms with Crippen LogP contribution in [0.15, 0.2) is 48.5 Å². The average Bonchev–Trinajstić information content (AvgIpc) is 2.87. The summed E-state index contributed by atoms with van der Waals surface area (Å²) in [6.07, 6.45) is -9.38. The second-order valence-corrected chi connectivity index (χ2v) is 8.47. The lowest BCUT2D eigenvalue weighted by Gasteiger charge is -2.29. The van der Waals surface area contributed by atoms with Crippen molar-refractivity contribution in [3.63, 3.8) is 0 Å². The highest BCUT2D eigenvalue weighted by Crippen LogP contribution is 2.29. The van der Waals surface area contributed by atoms with E-state index in [0.29, 0.717) is 13.1 Å². The number of nitrogens with one attached hydrogen (secondary N) is 1. The highest BCUT2D eigenvalue weighted by Gasteiger charge is 2.38. The van der Waals surface area contributed by atoms with Crippen LogP contribution >= 0.6 is 0 Å². The lowest BCUT2D eigenvalue weighted by molar-refractivity contribution is -0.192. The van der Waals surface area contributed by atoms with E-state index >= 15 is 0 Å². The number of rotatable bonds is 6. The van der Waals surface area contributed by atoms with Crippen molar-refractivity contribution in [2.45, 2.75) is 32.2 Å². The second-order valence-electron chi connectivity index (χ2n) is 8.47. The zero-order chi connectivity index (χ0) is 28.5. The third kappa shape index (κ3) is 9.69. The Labute approximate surface area is 215 Å². The van der Waals surface area contributed by atoms with Crippen molar-refractivity contribution >= 4 is 17.8 Å². The van der Waals surface area contributed by atoms with Gasteiger partial charge in [0.2, 0.25) is 5.91 Å². The molecule has 2 aromatic rings. The molecule has 2 aromatic carbocycles. The number of amides is 2. The van der Waals surface area contributed by atoms with Crippen LogP contribution in [0, 0.1) is 6.92 Å². The fraction of sp³-hybridized carbons (Fsp3) is 0.400. The third-order valence-corrected chi connectivity index (χ3v) is 5.55. The Morgan fingerprint density at radius 1 is 0.921 bits per heavy atom. The molecule has 13 heteroatoms. The molecule has 38 heavy (non-hydrogen) atoms. The van der Waals surface area contributed by atoms with Gasteiger partial charge >= 0.3 is 18.3 Å². The van der Waals surface area contributed by atoms with Gasteiger partial charge in [0.1, 0.15) is 0 Å². The van der Waals surface area contributed by atoms with Gasteiger partial charge in [-0.25, -0.2) is 4.79 Å². The largest absolute Gasteiger partial charge is 0.490 e. The molecule has 0 radical (unpaired) electrons. The first kappa shape index (κ1) is 30.6. The van der Waals surface area contributed by atoms with Gasteiger partial charge < -0.3 is 20.2 Å². The Morgan fingerprint density at radius 2 is 1.45 bits per heavy atom. The van der Waals surface area contributed by atoms with Gasteiger partial charge in [0, 0.05) is 51.3 Å². The van der Waals surface area contributed by atoms with Crippen molar-refractivity contribution in [2.24, 2.45) is 0 Å². The average molecular weight is 547 g/mol. The molecule has 1 aliphatic rings. The van der Waals surface area contributed by atoms with Gasteiger partial charge in [-0.05, 0) is 36.8 Å². The lowest BCUT2D eigenvalue weighted by atomic mass is 10.1. The number of hydrogen-bond acceptors (Lipinski definition) is 4. The zero-order valence-corrected chi connectivity index (χ0v) is 20.4. The van der Waals surface area contributed by atoms with Gasteiger partial charge in [-0.1, -0.05) is 29.8 Å². The number of carbonyl (C=O) groups is 3. The molecular weight excluding hydrogens is 520 g/mol. The van der Waals surface area contributed by atoms with E-state index in [0.717, 1.165) is 36.3 Å². The zero-order valence-electron chi connectivity index (χ0n) is 20.4. The molecule has 2 amide bonds. The van der Waals surface area contributed by atoms with Gasteiger partial charge in [0.15, 0.2) is 0 Å². The fourth-order valence-corrected chi connectivity index (χ4v) is 3.45. The van der Waals surface area contributed by atoms with E-state index in [1.54, 1.807) is 4.90 Å². The number of alkyl halides is 6. The number of halogens is 6. The highest BCUT2D eigenvalue weighted by molar-refractivity contribution is 5.94. The standard InChI is InChI=1S/C23H26F3N3O2.C2HF3O2/c1-17-2-4-18(5-3-17)16-29(13-10-21(30)28-14-11-27-12-15-28)22(31)19-6-8-20(9-7-19)23(24,25)26;3-2(4,5)1(6)7/h2-9,27H,10-16H2,1H3;(H,6,7). The van der Waals surface area contributed by atoms with E-state index in [4.69, 9.17) is 9.90 Å². The Bertz CT molecular complexity index is 1080. The number of carboxylic acids is 1. The van der Waals surface area contributed by atoms with E-state index in [1.807, 2.05) is 31.2 Å². The number of hydrogen-bond donors (Lipinski definition) is 2. The van der Waals surface area contributed by atoms with Crippen LogP contribution in [0.4, 0.5) is 26.3 Å². The second kappa shape index (κ2) is 13.3. The molecule has 0 aromatic heterocycles. The van der Waals surface area contributed by atoms with Gasteiger partial charge in [0.05, 0.1) is 5.56 Å².